The van der Waals surface area contributed by atoms with E-state index in [0.29, 0.717) is 35.9 Å². The van der Waals surface area contributed by atoms with Crippen molar-refractivity contribution in [1.29, 1.82) is 0 Å². The fourth-order valence-electron chi connectivity index (χ4n) is 4.52. The molecule has 1 atom stereocenters. The zero-order valence-electron chi connectivity index (χ0n) is 20.8. The molecule has 4 rings (SSSR count). The molecule has 1 aromatic carbocycles. The van der Waals surface area contributed by atoms with Gasteiger partial charge in [0.05, 0.1) is 16.7 Å². The summed E-state index contributed by atoms with van der Waals surface area (Å²) < 4.78 is 44.6. The summed E-state index contributed by atoms with van der Waals surface area (Å²) >= 11 is 1.14. The van der Waals surface area contributed by atoms with Gasteiger partial charge in [0, 0.05) is 30.6 Å². The number of nitrogens with one attached hydrogen (secondary N) is 1. The number of nitrogens with zero attached hydrogens (tertiary/aromatic N) is 3. The van der Waals surface area contributed by atoms with E-state index >= 15 is 0 Å². The maximum atomic E-state index is 13.9. The lowest BCUT2D eigenvalue weighted by Crippen LogP contribution is -2.46. The van der Waals surface area contributed by atoms with E-state index in [4.69, 9.17) is 0 Å². The Kier molecular flexibility index (Phi) is 7.68. The normalized spacial score (nSPS) is 18.2. The minimum Gasteiger partial charge on any atom is -0.481 e. The van der Waals surface area contributed by atoms with Crippen molar-refractivity contribution in [2.24, 2.45) is 5.41 Å². The van der Waals surface area contributed by atoms with Crippen molar-refractivity contribution in [2.75, 3.05) is 22.7 Å². The monoisotopic (exact) mass is 530 g/mol. The van der Waals surface area contributed by atoms with E-state index in [9.17, 15) is 23.1 Å². The molecule has 1 aliphatic heterocycles. The Morgan fingerprint density at radius 3 is 2.57 bits per heavy atom. The number of piperidine rings is 1. The maximum absolute atomic E-state index is 13.9. The van der Waals surface area contributed by atoms with Crippen LogP contribution < -0.4 is 9.62 Å². The van der Waals surface area contributed by atoms with E-state index in [0.717, 1.165) is 30.0 Å². The third-order valence-corrected chi connectivity index (χ3v) is 7.29. The molecule has 3 heterocycles. The molecule has 1 unspecified atom stereocenters. The highest BCUT2D eigenvalue weighted by molar-refractivity contribution is 8.00. The van der Waals surface area contributed by atoms with Gasteiger partial charge in [-0.1, -0.05) is 44.2 Å². The third kappa shape index (κ3) is 6.01. The lowest BCUT2D eigenvalue weighted by molar-refractivity contribution is -0.148. The van der Waals surface area contributed by atoms with Gasteiger partial charge in [-0.05, 0) is 55.5 Å². The van der Waals surface area contributed by atoms with Gasteiger partial charge in [0.2, 0.25) is 0 Å². The molecule has 0 spiro atoms. The average Bonchev–Trinajstić information content (AvgIpc) is 2.87. The summed E-state index contributed by atoms with van der Waals surface area (Å²) in [6.07, 6.45) is -3.19. The Morgan fingerprint density at radius 2 is 1.86 bits per heavy atom. The first-order valence-electron chi connectivity index (χ1n) is 12.0. The number of halogens is 3. The largest absolute Gasteiger partial charge is 0.481 e. The standard InChI is InChI=1S/C27H29F3N4O2S/c1-17(2)18-8-4-5-9-19(18)24-20(27(28,29)30)12-13-21(31-24)33-37-23-11-6-10-22(32-23)34-15-7-14-26(3,16-34)25(35)36/h4-6,8-13,17H,7,14-16H2,1-3H3,(H,31,33)(H,35,36). The Hall–Kier alpha value is -3.27. The molecule has 2 N–H and O–H groups in total. The number of anilines is 2. The van der Waals surface area contributed by atoms with E-state index < -0.39 is 23.1 Å². The Balaban J connectivity index is 1.58. The molecular weight excluding hydrogens is 501 g/mol. The summed E-state index contributed by atoms with van der Waals surface area (Å²) in [4.78, 5) is 22.7. The molecule has 196 valence electrons. The fraction of sp³-hybridized carbons (Fsp3) is 0.370. The lowest BCUT2D eigenvalue weighted by atomic mass is 9.82. The molecule has 1 saturated heterocycles. The van der Waals surface area contributed by atoms with Gasteiger partial charge in [0.1, 0.15) is 16.7 Å². The zero-order chi connectivity index (χ0) is 26.8. The number of rotatable bonds is 7. The van der Waals surface area contributed by atoms with Crippen molar-refractivity contribution < 1.29 is 23.1 Å². The molecule has 1 aliphatic rings. The third-order valence-electron chi connectivity index (χ3n) is 6.54. The second-order valence-electron chi connectivity index (χ2n) is 9.76. The maximum Gasteiger partial charge on any atom is 0.418 e. The molecule has 0 radical (unpaired) electrons. The minimum atomic E-state index is -4.55. The van der Waals surface area contributed by atoms with Crippen LogP contribution in [-0.2, 0) is 11.0 Å². The Bertz CT molecular complexity index is 1280. The first-order chi connectivity index (χ1) is 17.5. The van der Waals surface area contributed by atoms with Crippen LogP contribution in [0.3, 0.4) is 0 Å². The van der Waals surface area contributed by atoms with Crippen molar-refractivity contribution in [3.05, 3.63) is 65.7 Å². The lowest BCUT2D eigenvalue weighted by Gasteiger charge is -2.38. The zero-order valence-corrected chi connectivity index (χ0v) is 21.7. The van der Waals surface area contributed by atoms with Crippen LogP contribution in [-0.4, -0.2) is 34.1 Å². The van der Waals surface area contributed by atoms with Gasteiger partial charge in [0.25, 0.3) is 0 Å². The van der Waals surface area contributed by atoms with Crippen LogP contribution >= 0.6 is 11.9 Å². The summed E-state index contributed by atoms with van der Waals surface area (Å²) in [5.74, 6) is 0.128. The van der Waals surface area contributed by atoms with E-state index in [-0.39, 0.29) is 17.4 Å². The first-order valence-corrected chi connectivity index (χ1v) is 12.9. The molecule has 0 amide bonds. The van der Waals surface area contributed by atoms with Crippen LogP contribution in [0.4, 0.5) is 24.8 Å². The van der Waals surface area contributed by atoms with Crippen LogP contribution in [0.5, 0.6) is 0 Å². The van der Waals surface area contributed by atoms with Crippen molar-refractivity contribution in [1.82, 2.24) is 9.97 Å². The van der Waals surface area contributed by atoms with Crippen LogP contribution in [0.25, 0.3) is 11.3 Å². The molecule has 0 saturated carbocycles. The molecule has 37 heavy (non-hydrogen) atoms. The van der Waals surface area contributed by atoms with E-state index in [1.165, 1.54) is 6.07 Å². The van der Waals surface area contributed by atoms with E-state index in [2.05, 4.69) is 14.7 Å². The first kappa shape index (κ1) is 26.8. The van der Waals surface area contributed by atoms with Gasteiger partial charge in [-0.2, -0.15) is 13.2 Å². The predicted octanol–water partition coefficient (Wildman–Crippen LogP) is 7.10. The summed E-state index contributed by atoms with van der Waals surface area (Å²) in [6, 6.07) is 14.8. The number of alkyl halides is 3. The van der Waals surface area contributed by atoms with Crippen molar-refractivity contribution in [2.45, 2.75) is 50.7 Å². The topological polar surface area (TPSA) is 78.4 Å². The summed E-state index contributed by atoms with van der Waals surface area (Å²) in [5, 5.41) is 10.2. The molecule has 1 fully saturated rings. The van der Waals surface area contributed by atoms with Gasteiger partial charge in [0.15, 0.2) is 0 Å². The van der Waals surface area contributed by atoms with Crippen molar-refractivity contribution in [3.8, 4) is 11.3 Å². The average molecular weight is 531 g/mol. The summed E-state index contributed by atoms with van der Waals surface area (Å²) in [6.45, 7) is 6.67. The number of hydrogen-bond acceptors (Lipinski definition) is 6. The number of aliphatic carboxylic acids is 1. The highest BCUT2D eigenvalue weighted by Crippen LogP contribution is 2.40. The Morgan fingerprint density at radius 1 is 1.11 bits per heavy atom. The molecule has 10 heteroatoms. The second-order valence-corrected chi connectivity index (χ2v) is 10.6. The van der Waals surface area contributed by atoms with Gasteiger partial charge >= 0.3 is 12.1 Å². The number of pyridine rings is 2. The smallest absolute Gasteiger partial charge is 0.418 e. The number of carboxylic acid groups (broad SMARTS) is 1. The van der Waals surface area contributed by atoms with E-state index in [1.54, 1.807) is 25.1 Å². The van der Waals surface area contributed by atoms with Crippen LogP contribution in [0.2, 0.25) is 0 Å². The van der Waals surface area contributed by atoms with Crippen LogP contribution in [0.1, 0.15) is 50.7 Å². The summed E-state index contributed by atoms with van der Waals surface area (Å²) in [5.41, 5.74) is -0.512. The molecule has 0 bridgehead atoms. The Labute approximate surface area is 218 Å². The van der Waals surface area contributed by atoms with Gasteiger partial charge in [-0.3, -0.25) is 4.79 Å². The minimum absolute atomic E-state index is 0.0229. The quantitative estimate of drug-likeness (QED) is 0.316. The van der Waals surface area contributed by atoms with E-state index in [1.807, 2.05) is 43.0 Å². The van der Waals surface area contributed by atoms with Crippen molar-refractivity contribution in [3.63, 3.8) is 0 Å². The number of benzene rings is 1. The van der Waals surface area contributed by atoms with Gasteiger partial charge in [-0.25, -0.2) is 9.97 Å². The fourth-order valence-corrected chi connectivity index (χ4v) is 5.13. The number of carbonyl (C=O) groups is 1. The SMILES string of the molecule is CC(C)c1ccccc1-c1nc(NSc2cccc(N3CCCC(C)(C(=O)O)C3)n2)ccc1C(F)(F)F. The molecule has 2 aromatic heterocycles. The number of aromatic nitrogens is 2. The van der Waals surface area contributed by atoms with Gasteiger partial charge < -0.3 is 14.7 Å². The predicted molar refractivity (Wildman–Crippen MR) is 140 cm³/mol. The van der Waals surface area contributed by atoms with Crippen molar-refractivity contribution >= 4 is 29.6 Å². The molecular formula is C27H29F3N4O2S. The highest BCUT2D eigenvalue weighted by Gasteiger charge is 2.38. The molecule has 0 aliphatic carbocycles. The van der Waals surface area contributed by atoms with Crippen LogP contribution in [0.15, 0.2) is 59.6 Å². The highest BCUT2D eigenvalue weighted by atomic mass is 32.2. The van der Waals surface area contributed by atoms with Gasteiger partial charge in [-0.15, -0.1) is 0 Å². The summed E-state index contributed by atoms with van der Waals surface area (Å²) in [7, 11) is 0. The number of hydrogen-bond donors (Lipinski definition) is 2. The molecule has 6 nitrogen and oxygen atoms in total. The van der Waals surface area contributed by atoms with Crippen LogP contribution in [0, 0.1) is 5.41 Å². The molecule has 3 aromatic rings. The second kappa shape index (κ2) is 10.6. The number of carboxylic acids is 1.